The van der Waals surface area contributed by atoms with Crippen LogP contribution >= 0.6 is 47.8 Å². The molecule has 1 fully saturated rings. The first kappa shape index (κ1) is 14.8. The van der Waals surface area contributed by atoms with Crippen LogP contribution in [0.2, 0.25) is 0 Å². The van der Waals surface area contributed by atoms with E-state index in [-0.39, 0.29) is 5.60 Å². The van der Waals surface area contributed by atoms with Crippen molar-refractivity contribution in [2.75, 3.05) is 11.9 Å². The van der Waals surface area contributed by atoms with Gasteiger partial charge in [-0.1, -0.05) is 15.9 Å². The molecular weight excluding hydrogens is 426 g/mol. The second-order valence-electron chi connectivity index (χ2n) is 5.19. The van der Waals surface area contributed by atoms with Crippen LogP contribution in [0.25, 0.3) is 0 Å². The molecule has 1 aliphatic rings. The maximum atomic E-state index is 5.74. The normalized spacial score (nSPS) is 22.8. The van der Waals surface area contributed by atoms with Crippen LogP contribution in [0.4, 0.5) is 5.69 Å². The standard InChI is InChI=1S/C13H16Br3NO/c1-13(2)7-9(3-4-18-13)17-12-10(15)5-8(14)6-11(12)16/h5-6,9,17H,3-4,7H2,1-2H3. The summed E-state index contributed by atoms with van der Waals surface area (Å²) in [6.45, 7) is 5.11. The molecule has 5 heteroatoms. The van der Waals surface area contributed by atoms with E-state index in [0.29, 0.717) is 6.04 Å². The number of halogens is 3. The molecule has 1 aliphatic heterocycles. The number of hydrogen-bond acceptors (Lipinski definition) is 2. The molecule has 0 spiro atoms. The second kappa shape index (κ2) is 5.81. The van der Waals surface area contributed by atoms with Gasteiger partial charge in [-0.3, -0.25) is 0 Å². The van der Waals surface area contributed by atoms with Gasteiger partial charge in [0, 0.05) is 26.1 Å². The van der Waals surface area contributed by atoms with Gasteiger partial charge >= 0.3 is 0 Å². The average molecular weight is 442 g/mol. The Balaban J connectivity index is 2.14. The zero-order valence-corrected chi connectivity index (χ0v) is 15.2. The van der Waals surface area contributed by atoms with Crippen LogP contribution in [-0.4, -0.2) is 18.2 Å². The van der Waals surface area contributed by atoms with Crippen LogP contribution < -0.4 is 5.32 Å². The Labute approximate surface area is 133 Å². The van der Waals surface area contributed by atoms with Gasteiger partial charge in [-0.05, 0) is 70.7 Å². The molecule has 100 valence electrons. The van der Waals surface area contributed by atoms with Crippen molar-refractivity contribution in [3.8, 4) is 0 Å². The van der Waals surface area contributed by atoms with Crippen LogP contribution in [0, 0.1) is 0 Å². The van der Waals surface area contributed by atoms with Crippen LogP contribution in [0.5, 0.6) is 0 Å². The summed E-state index contributed by atoms with van der Waals surface area (Å²) < 4.78 is 8.92. The molecule has 0 aromatic heterocycles. The van der Waals surface area contributed by atoms with Gasteiger partial charge in [0.1, 0.15) is 0 Å². The summed E-state index contributed by atoms with van der Waals surface area (Å²) in [5.41, 5.74) is 1.07. The summed E-state index contributed by atoms with van der Waals surface area (Å²) in [5.74, 6) is 0. The molecule has 1 aromatic rings. The molecule has 2 rings (SSSR count). The molecule has 2 nitrogen and oxygen atoms in total. The third-order valence-electron chi connectivity index (χ3n) is 3.05. The van der Waals surface area contributed by atoms with Crippen molar-refractivity contribution in [2.24, 2.45) is 0 Å². The van der Waals surface area contributed by atoms with E-state index >= 15 is 0 Å². The van der Waals surface area contributed by atoms with Gasteiger partial charge in [-0.2, -0.15) is 0 Å². The maximum absolute atomic E-state index is 5.74. The first-order valence-corrected chi connectivity index (χ1v) is 8.30. The molecule has 0 aliphatic carbocycles. The Morgan fingerprint density at radius 1 is 1.22 bits per heavy atom. The SMILES string of the molecule is CC1(C)CC(Nc2c(Br)cc(Br)cc2Br)CCO1. The van der Waals surface area contributed by atoms with E-state index in [1.807, 2.05) is 0 Å². The highest BCUT2D eigenvalue weighted by molar-refractivity contribution is 9.11. The van der Waals surface area contributed by atoms with Gasteiger partial charge in [-0.25, -0.2) is 0 Å². The Bertz CT molecular complexity index is 425. The highest BCUT2D eigenvalue weighted by atomic mass is 79.9. The van der Waals surface area contributed by atoms with E-state index in [4.69, 9.17) is 4.74 Å². The maximum Gasteiger partial charge on any atom is 0.0646 e. The second-order valence-corrected chi connectivity index (χ2v) is 7.81. The van der Waals surface area contributed by atoms with Gasteiger partial charge in [0.2, 0.25) is 0 Å². The molecule has 0 saturated carbocycles. The lowest BCUT2D eigenvalue weighted by atomic mass is 9.94. The quantitative estimate of drug-likeness (QED) is 0.668. The topological polar surface area (TPSA) is 21.3 Å². The zero-order chi connectivity index (χ0) is 13.3. The Kier molecular flexibility index (Phi) is 4.79. The van der Waals surface area contributed by atoms with Crippen LogP contribution in [-0.2, 0) is 4.74 Å². The van der Waals surface area contributed by atoms with Gasteiger partial charge in [-0.15, -0.1) is 0 Å². The third-order valence-corrected chi connectivity index (χ3v) is 4.76. The van der Waals surface area contributed by atoms with E-state index in [2.05, 4.69) is 79.1 Å². The van der Waals surface area contributed by atoms with Gasteiger partial charge in [0.05, 0.1) is 11.3 Å². The van der Waals surface area contributed by atoms with E-state index in [9.17, 15) is 0 Å². The van der Waals surface area contributed by atoms with Crippen molar-refractivity contribution >= 4 is 53.5 Å². The fraction of sp³-hybridized carbons (Fsp3) is 0.538. The molecule has 0 amide bonds. The van der Waals surface area contributed by atoms with E-state index < -0.39 is 0 Å². The van der Waals surface area contributed by atoms with E-state index in [1.54, 1.807) is 0 Å². The van der Waals surface area contributed by atoms with Gasteiger partial charge in [0.15, 0.2) is 0 Å². The van der Waals surface area contributed by atoms with Crippen molar-refractivity contribution < 1.29 is 4.74 Å². The summed E-state index contributed by atoms with van der Waals surface area (Å²) in [6.07, 6.45) is 2.06. The number of rotatable bonds is 2. The van der Waals surface area contributed by atoms with Crippen molar-refractivity contribution in [3.05, 3.63) is 25.6 Å². The lowest BCUT2D eigenvalue weighted by molar-refractivity contribution is -0.0553. The van der Waals surface area contributed by atoms with Crippen molar-refractivity contribution in [1.82, 2.24) is 0 Å². The summed E-state index contributed by atoms with van der Waals surface area (Å²) in [7, 11) is 0. The molecule has 1 aromatic carbocycles. The fourth-order valence-corrected chi connectivity index (χ4v) is 4.73. The smallest absolute Gasteiger partial charge is 0.0646 e. The summed E-state index contributed by atoms with van der Waals surface area (Å²) in [6, 6.07) is 4.55. The molecule has 1 unspecified atom stereocenters. The Morgan fingerprint density at radius 3 is 2.39 bits per heavy atom. The molecule has 18 heavy (non-hydrogen) atoms. The zero-order valence-electron chi connectivity index (χ0n) is 10.4. The summed E-state index contributed by atoms with van der Waals surface area (Å²) in [4.78, 5) is 0. The summed E-state index contributed by atoms with van der Waals surface area (Å²) >= 11 is 10.7. The first-order valence-electron chi connectivity index (χ1n) is 5.92. The van der Waals surface area contributed by atoms with Crippen molar-refractivity contribution in [2.45, 2.75) is 38.3 Å². The van der Waals surface area contributed by atoms with Gasteiger partial charge in [0.25, 0.3) is 0 Å². The number of nitrogens with one attached hydrogen (secondary N) is 1. The van der Waals surface area contributed by atoms with Crippen LogP contribution in [0.1, 0.15) is 26.7 Å². The molecule has 0 bridgehead atoms. The number of hydrogen-bond donors (Lipinski definition) is 1. The lowest BCUT2D eigenvalue weighted by Gasteiger charge is -2.36. The predicted octanol–water partition coefficient (Wildman–Crippen LogP) is 5.34. The van der Waals surface area contributed by atoms with Crippen LogP contribution in [0.3, 0.4) is 0 Å². The number of anilines is 1. The van der Waals surface area contributed by atoms with Crippen molar-refractivity contribution in [3.63, 3.8) is 0 Å². The molecular formula is C13H16Br3NO. The first-order chi connectivity index (χ1) is 8.37. The van der Waals surface area contributed by atoms with E-state index in [1.165, 1.54) is 0 Å². The highest BCUT2D eigenvalue weighted by Crippen LogP contribution is 2.36. The number of benzene rings is 1. The Hall–Kier alpha value is 0.420. The third kappa shape index (κ3) is 3.71. The fourth-order valence-electron chi connectivity index (χ4n) is 2.24. The minimum atomic E-state index is -0.0375. The summed E-state index contributed by atoms with van der Waals surface area (Å²) in [5, 5.41) is 3.61. The Morgan fingerprint density at radius 2 is 1.83 bits per heavy atom. The predicted molar refractivity (Wildman–Crippen MR) is 86.2 cm³/mol. The minimum absolute atomic E-state index is 0.0375. The van der Waals surface area contributed by atoms with E-state index in [0.717, 1.165) is 38.6 Å². The monoisotopic (exact) mass is 439 g/mol. The molecule has 1 N–H and O–H groups in total. The molecule has 1 atom stereocenters. The lowest BCUT2D eigenvalue weighted by Crippen LogP contribution is -2.40. The van der Waals surface area contributed by atoms with Crippen LogP contribution in [0.15, 0.2) is 25.6 Å². The highest BCUT2D eigenvalue weighted by Gasteiger charge is 2.29. The molecule has 0 radical (unpaired) electrons. The van der Waals surface area contributed by atoms with Crippen molar-refractivity contribution in [1.29, 1.82) is 0 Å². The number of ether oxygens (including phenoxy) is 1. The average Bonchev–Trinajstić information content (AvgIpc) is 2.22. The molecule has 1 saturated heterocycles. The molecule has 1 heterocycles. The largest absolute Gasteiger partial charge is 0.380 e. The van der Waals surface area contributed by atoms with Gasteiger partial charge < -0.3 is 10.1 Å². The minimum Gasteiger partial charge on any atom is -0.380 e.